The molecule has 5 nitrogen and oxygen atoms in total. The number of carbonyl (C=O) groups is 1. The van der Waals surface area contributed by atoms with Crippen LogP contribution in [0.25, 0.3) is 0 Å². The minimum Gasteiger partial charge on any atom is -0.462 e. The molecule has 1 aliphatic rings. The number of anilines is 1. The molecule has 20 heavy (non-hydrogen) atoms. The highest BCUT2D eigenvalue weighted by Gasteiger charge is 2.10. The molecule has 1 fully saturated rings. The molecule has 0 saturated carbocycles. The van der Waals surface area contributed by atoms with Crippen LogP contribution in [0.3, 0.4) is 0 Å². The standard InChI is InChI=1S/C9H12FN3.C5H10O2/c10-9-2-1-8(7-12-9)13-5-3-11-4-6-13;1-5(2,3)7-4-6/h1-2,7,11H,3-6H2;4H,1-3H3. The van der Waals surface area contributed by atoms with Crippen LogP contribution >= 0.6 is 0 Å². The van der Waals surface area contributed by atoms with Crippen LogP contribution in [0.15, 0.2) is 18.3 Å². The van der Waals surface area contributed by atoms with Crippen LogP contribution in [0.1, 0.15) is 20.8 Å². The number of carbonyl (C=O) groups excluding carboxylic acids is 1. The Kier molecular flexibility index (Phi) is 6.38. The Labute approximate surface area is 119 Å². The third-order valence-electron chi connectivity index (χ3n) is 2.60. The fourth-order valence-corrected chi connectivity index (χ4v) is 1.62. The molecular weight excluding hydrogens is 261 g/mol. The zero-order chi connectivity index (χ0) is 15.0. The van der Waals surface area contributed by atoms with Crippen molar-refractivity contribution in [1.29, 1.82) is 0 Å². The van der Waals surface area contributed by atoms with Crippen molar-refractivity contribution in [2.24, 2.45) is 0 Å². The van der Waals surface area contributed by atoms with Gasteiger partial charge in [0, 0.05) is 26.2 Å². The molecule has 1 aromatic rings. The number of pyridine rings is 1. The summed E-state index contributed by atoms with van der Waals surface area (Å²) in [5.74, 6) is -0.418. The molecule has 1 aromatic heterocycles. The molecule has 112 valence electrons. The Bertz CT molecular complexity index is 398. The van der Waals surface area contributed by atoms with Gasteiger partial charge in [-0.15, -0.1) is 0 Å². The lowest BCUT2D eigenvalue weighted by Crippen LogP contribution is -2.43. The van der Waals surface area contributed by atoms with Gasteiger partial charge in [0.1, 0.15) is 5.60 Å². The van der Waals surface area contributed by atoms with Crippen molar-refractivity contribution in [3.05, 3.63) is 24.3 Å². The number of nitrogens with one attached hydrogen (secondary N) is 1. The SMILES string of the molecule is CC(C)(C)OC=O.Fc1ccc(N2CCNCC2)cn1. The van der Waals surface area contributed by atoms with Gasteiger partial charge in [-0.05, 0) is 32.9 Å². The lowest BCUT2D eigenvalue weighted by Gasteiger charge is -2.28. The summed E-state index contributed by atoms with van der Waals surface area (Å²) in [5, 5.41) is 3.26. The van der Waals surface area contributed by atoms with Gasteiger partial charge in [0.15, 0.2) is 0 Å². The highest BCUT2D eigenvalue weighted by atomic mass is 19.1. The average Bonchev–Trinajstić information content (AvgIpc) is 2.40. The second-order valence-electron chi connectivity index (χ2n) is 5.40. The van der Waals surface area contributed by atoms with Crippen molar-refractivity contribution >= 4 is 12.2 Å². The van der Waals surface area contributed by atoms with Crippen molar-refractivity contribution in [3.8, 4) is 0 Å². The predicted molar refractivity (Wildman–Crippen MR) is 76.2 cm³/mol. The number of nitrogens with zero attached hydrogens (tertiary/aromatic N) is 2. The molecule has 0 radical (unpaired) electrons. The number of hydrogen-bond acceptors (Lipinski definition) is 5. The Morgan fingerprint density at radius 1 is 1.35 bits per heavy atom. The molecule has 0 aromatic carbocycles. The predicted octanol–water partition coefficient (Wildman–Crippen LogP) is 1.59. The number of hydrogen-bond donors (Lipinski definition) is 1. The molecular formula is C14H22FN3O2. The third kappa shape index (κ3) is 6.47. The summed E-state index contributed by atoms with van der Waals surface area (Å²) in [6, 6.07) is 3.17. The van der Waals surface area contributed by atoms with Gasteiger partial charge in [0.25, 0.3) is 6.47 Å². The number of halogens is 1. The lowest BCUT2D eigenvalue weighted by molar-refractivity contribution is -0.138. The van der Waals surface area contributed by atoms with Crippen LogP contribution in [0.2, 0.25) is 0 Å². The molecule has 0 atom stereocenters. The van der Waals surface area contributed by atoms with Gasteiger partial charge in [-0.3, -0.25) is 4.79 Å². The van der Waals surface area contributed by atoms with E-state index in [1.807, 2.05) is 20.8 Å². The van der Waals surface area contributed by atoms with Crippen LogP contribution in [0.4, 0.5) is 10.1 Å². The number of ether oxygens (including phenoxy) is 1. The summed E-state index contributed by atoms with van der Waals surface area (Å²) in [7, 11) is 0. The first-order valence-electron chi connectivity index (χ1n) is 6.61. The number of aromatic nitrogens is 1. The number of rotatable bonds is 2. The smallest absolute Gasteiger partial charge is 0.293 e. The fourth-order valence-electron chi connectivity index (χ4n) is 1.62. The largest absolute Gasteiger partial charge is 0.462 e. The minimum absolute atomic E-state index is 0.318. The van der Waals surface area contributed by atoms with Gasteiger partial charge in [0.05, 0.1) is 11.9 Å². The molecule has 0 aliphatic carbocycles. The summed E-state index contributed by atoms with van der Waals surface area (Å²) in [5.41, 5.74) is 0.685. The highest BCUT2D eigenvalue weighted by molar-refractivity contribution is 5.44. The Morgan fingerprint density at radius 2 is 2.00 bits per heavy atom. The highest BCUT2D eigenvalue weighted by Crippen LogP contribution is 2.12. The first kappa shape index (κ1) is 16.4. The average molecular weight is 283 g/mol. The fraction of sp³-hybridized carbons (Fsp3) is 0.571. The topological polar surface area (TPSA) is 54.5 Å². The Morgan fingerprint density at radius 3 is 2.40 bits per heavy atom. The van der Waals surface area contributed by atoms with E-state index in [-0.39, 0.29) is 5.60 Å². The van der Waals surface area contributed by atoms with Crippen molar-refractivity contribution < 1.29 is 13.9 Å². The van der Waals surface area contributed by atoms with Crippen LogP contribution in [0.5, 0.6) is 0 Å². The van der Waals surface area contributed by atoms with Crippen LogP contribution in [0, 0.1) is 5.95 Å². The van der Waals surface area contributed by atoms with E-state index in [1.54, 1.807) is 12.3 Å². The maximum absolute atomic E-state index is 12.5. The lowest BCUT2D eigenvalue weighted by atomic mass is 10.2. The van der Waals surface area contributed by atoms with Gasteiger partial charge in [-0.1, -0.05) is 0 Å². The quantitative estimate of drug-likeness (QED) is 0.660. The molecule has 1 N–H and O–H groups in total. The van der Waals surface area contributed by atoms with Gasteiger partial charge >= 0.3 is 0 Å². The maximum atomic E-state index is 12.5. The zero-order valence-corrected chi connectivity index (χ0v) is 12.2. The molecule has 0 amide bonds. The van der Waals surface area contributed by atoms with Crippen LogP contribution in [-0.2, 0) is 9.53 Å². The van der Waals surface area contributed by atoms with Gasteiger partial charge in [-0.2, -0.15) is 4.39 Å². The number of piperazine rings is 1. The molecule has 0 unspecified atom stereocenters. The first-order chi connectivity index (χ1) is 9.42. The molecule has 1 aliphatic heterocycles. The second-order valence-corrected chi connectivity index (χ2v) is 5.40. The summed E-state index contributed by atoms with van der Waals surface area (Å²) in [6.07, 6.45) is 1.58. The summed E-state index contributed by atoms with van der Waals surface area (Å²) < 4.78 is 17.1. The van der Waals surface area contributed by atoms with E-state index in [0.29, 0.717) is 6.47 Å². The van der Waals surface area contributed by atoms with E-state index in [1.165, 1.54) is 6.07 Å². The monoisotopic (exact) mass is 283 g/mol. The van der Waals surface area contributed by atoms with Crippen molar-refractivity contribution in [1.82, 2.24) is 10.3 Å². The van der Waals surface area contributed by atoms with E-state index in [2.05, 4.69) is 19.9 Å². The van der Waals surface area contributed by atoms with Crippen LogP contribution in [-0.4, -0.2) is 43.2 Å². The van der Waals surface area contributed by atoms with E-state index < -0.39 is 5.95 Å². The van der Waals surface area contributed by atoms with Crippen molar-refractivity contribution in [2.45, 2.75) is 26.4 Å². The summed E-state index contributed by atoms with van der Waals surface area (Å²) >= 11 is 0. The van der Waals surface area contributed by atoms with E-state index >= 15 is 0 Å². The Balaban J connectivity index is 0.000000246. The normalized spacial score (nSPS) is 15.1. The molecule has 2 heterocycles. The van der Waals surface area contributed by atoms with Gasteiger partial charge in [0.2, 0.25) is 5.95 Å². The Hall–Kier alpha value is -1.69. The van der Waals surface area contributed by atoms with Crippen LogP contribution < -0.4 is 10.2 Å². The second kappa shape index (κ2) is 7.79. The van der Waals surface area contributed by atoms with E-state index in [9.17, 15) is 9.18 Å². The molecule has 0 spiro atoms. The van der Waals surface area contributed by atoms with E-state index in [4.69, 9.17) is 0 Å². The maximum Gasteiger partial charge on any atom is 0.293 e. The molecule has 6 heteroatoms. The zero-order valence-electron chi connectivity index (χ0n) is 12.2. The summed E-state index contributed by atoms with van der Waals surface area (Å²) in [6.45, 7) is 9.82. The van der Waals surface area contributed by atoms with E-state index in [0.717, 1.165) is 31.9 Å². The van der Waals surface area contributed by atoms with Crippen molar-refractivity contribution in [3.63, 3.8) is 0 Å². The minimum atomic E-state index is -0.418. The molecule has 2 rings (SSSR count). The van der Waals surface area contributed by atoms with Gasteiger partial charge in [-0.25, -0.2) is 4.98 Å². The van der Waals surface area contributed by atoms with Gasteiger partial charge < -0.3 is 15.0 Å². The van der Waals surface area contributed by atoms with Crippen molar-refractivity contribution in [2.75, 3.05) is 31.1 Å². The summed E-state index contributed by atoms with van der Waals surface area (Å²) in [4.78, 5) is 15.4. The molecule has 0 bridgehead atoms. The first-order valence-corrected chi connectivity index (χ1v) is 6.61. The third-order valence-corrected chi connectivity index (χ3v) is 2.60. The molecule has 1 saturated heterocycles.